The second-order valence-electron chi connectivity index (χ2n) is 7.92. The number of esters is 1. The van der Waals surface area contributed by atoms with Crippen LogP contribution in [0.5, 0.6) is 0 Å². The molecule has 10 heteroatoms. The number of carbonyl (C=O) groups excluding carboxylic acids is 1. The van der Waals surface area contributed by atoms with E-state index >= 15 is 0 Å². The van der Waals surface area contributed by atoms with E-state index in [4.69, 9.17) is 44.0 Å². The number of hydrogen-bond donors (Lipinski definition) is 0. The lowest BCUT2D eigenvalue weighted by molar-refractivity contribution is -0.136. The summed E-state index contributed by atoms with van der Waals surface area (Å²) in [5, 5.41) is 1.43. The molecule has 0 radical (unpaired) electrons. The molecule has 3 heterocycles. The Morgan fingerprint density at radius 3 is 2.64 bits per heavy atom. The number of ether oxygens (including phenoxy) is 1. The van der Waals surface area contributed by atoms with Crippen molar-refractivity contribution < 1.29 is 13.9 Å². The number of nitrogens with zero attached hydrogens (tertiary/aromatic N) is 2. The fourth-order valence-electron chi connectivity index (χ4n) is 4.07. The smallest absolute Gasteiger partial charge is 0.338 e. The molecule has 1 aliphatic heterocycles. The van der Waals surface area contributed by atoms with Crippen LogP contribution >= 0.6 is 46.1 Å². The minimum absolute atomic E-state index is 0.250. The van der Waals surface area contributed by atoms with Crippen molar-refractivity contribution in [1.82, 2.24) is 4.57 Å². The zero-order chi connectivity index (χ0) is 25.6. The quantitative estimate of drug-likeness (QED) is 0.304. The van der Waals surface area contributed by atoms with Gasteiger partial charge in [-0.3, -0.25) is 9.36 Å². The maximum absolute atomic E-state index is 13.6. The highest BCUT2D eigenvalue weighted by Crippen LogP contribution is 2.35. The molecule has 1 atom stereocenters. The van der Waals surface area contributed by atoms with E-state index < -0.39 is 12.0 Å². The van der Waals surface area contributed by atoms with Gasteiger partial charge in [0.15, 0.2) is 4.80 Å². The summed E-state index contributed by atoms with van der Waals surface area (Å²) >= 11 is 20.1. The van der Waals surface area contributed by atoms with E-state index in [1.165, 1.54) is 23.0 Å². The van der Waals surface area contributed by atoms with Crippen molar-refractivity contribution in [3.63, 3.8) is 0 Å². The molecule has 1 unspecified atom stereocenters. The number of benzene rings is 2. The molecule has 182 valence electrons. The van der Waals surface area contributed by atoms with Crippen LogP contribution in [0.1, 0.15) is 24.3 Å². The fourth-order valence-corrected chi connectivity index (χ4v) is 5.72. The third-order valence-electron chi connectivity index (χ3n) is 5.72. The summed E-state index contributed by atoms with van der Waals surface area (Å²) in [7, 11) is 1.29. The number of rotatable bonds is 4. The van der Waals surface area contributed by atoms with Crippen LogP contribution in [-0.2, 0) is 9.53 Å². The van der Waals surface area contributed by atoms with Crippen LogP contribution in [0.2, 0.25) is 15.1 Å². The summed E-state index contributed by atoms with van der Waals surface area (Å²) in [4.78, 5) is 31.3. The van der Waals surface area contributed by atoms with Gasteiger partial charge in [-0.25, -0.2) is 9.79 Å². The summed E-state index contributed by atoms with van der Waals surface area (Å²) in [5.41, 5.74) is 1.60. The standard InChI is InChI=1S/C26H17Cl3N2O4S/c1-13-22(25(33)34-2)23(16-5-3-4-6-18(16)28)31-24(32)21(36-26(31)30-13)12-15-8-10-20(35-15)17-11-14(27)7-9-19(17)29/h3-12,23H,1-2H3. The van der Waals surface area contributed by atoms with Crippen LogP contribution in [0, 0.1) is 0 Å². The van der Waals surface area contributed by atoms with Crippen molar-refractivity contribution in [2.45, 2.75) is 13.0 Å². The lowest BCUT2D eigenvalue weighted by Crippen LogP contribution is -2.39. The minimum Gasteiger partial charge on any atom is -0.466 e. The zero-order valence-electron chi connectivity index (χ0n) is 18.9. The molecule has 6 nitrogen and oxygen atoms in total. The van der Waals surface area contributed by atoms with Gasteiger partial charge < -0.3 is 9.15 Å². The molecule has 36 heavy (non-hydrogen) atoms. The normalized spacial score (nSPS) is 15.6. The third kappa shape index (κ3) is 4.33. The van der Waals surface area contributed by atoms with Crippen LogP contribution in [0.25, 0.3) is 17.4 Å². The van der Waals surface area contributed by atoms with Gasteiger partial charge in [0.1, 0.15) is 17.6 Å². The first-order valence-corrected chi connectivity index (χ1v) is 12.6. The molecular weight excluding hydrogens is 543 g/mol. The Morgan fingerprint density at radius 1 is 1.11 bits per heavy atom. The first kappa shape index (κ1) is 24.6. The van der Waals surface area contributed by atoms with Crippen LogP contribution in [-0.4, -0.2) is 17.6 Å². The van der Waals surface area contributed by atoms with Crippen LogP contribution in [0.3, 0.4) is 0 Å². The third-order valence-corrected chi connectivity index (χ3v) is 7.61. The summed E-state index contributed by atoms with van der Waals surface area (Å²) in [6, 6.07) is 14.9. The molecule has 2 aromatic carbocycles. The average molecular weight is 560 g/mol. The number of fused-ring (bicyclic) bond motifs is 1. The van der Waals surface area contributed by atoms with Gasteiger partial charge >= 0.3 is 5.97 Å². The Morgan fingerprint density at radius 2 is 1.89 bits per heavy atom. The van der Waals surface area contributed by atoms with Gasteiger partial charge in [0, 0.05) is 21.7 Å². The van der Waals surface area contributed by atoms with Gasteiger partial charge in [-0.1, -0.05) is 64.3 Å². The van der Waals surface area contributed by atoms with Gasteiger partial charge in [-0.2, -0.15) is 0 Å². The van der Waals surface area contributed by atoms with E-state index in [1.54, 1.807) is 67.6 Å². The lowest BCUT2D eigenvalue weighted by atomic mass is 9.96. The number of allylic oxidation sites excluding steroid dienone is 1. The van der Waals surface area contributed by atoms with Crippen molar-refractivity contribution in [3.8, 4) is 11.3 Å². The zero-order valence-corrected chi connectivity index (χ0v) is 22.0. The molecule has 4 aromatic rings. The van der Waals surface area contributed by atoms with E-state index in [1.807, 2.05) is 0 Å². The Hall–Kier alpha value is -3.10. The highest BCUT2D eigenvalue weighted by atomic mass is 35.5. The van der Waals surface area contributed by atoms with Gasteiger partial charge in [0.2, 0.25) is 0 Å². The fraction of sp³-hybridized carbons (Fsp3) is 0.115. The van der Waals surface area contributed by atoms with E-state index in [2.05, 4.69) is 4.99 Å². The minimum atomic E-state index is -0.790. The molecule has 5 rings (SSSR count). The van der Waals surface area contributed by atoms with Crippen molar-refractivity contribution >= 4 is 58.2 Å². The van der Waals surface area contributed by atoms with E-state index in [-0.39, 0.29) is 11.1 Å². The topological polar surface area (TPSA) is 73.8 Å². The highest BCUT2D eigenvalue weighted by Gasteiger charge is 2.34. The number of methoxy groups -OCH3 is 1. The van der Waals surface area contributed by atoms with Crippen molar-refractivity contribution in [2.24, 2.45) is 4.99 Å². The predicted molar refractivity (Wildman–Crippen MR) is 141 cm³/mol. The molecule has 0 bridgehead atoms. The first-order chi connectivity index (χ1) is 17.3. The van der Waals surface area contributed by atoms with Gasteiger partial charge in [-0.15, -0.1) is 0 Å². The molecule has 2 aromatic heterocycles. The SMILES string of the molecule is COC(=O)C1=C(C)N=c2sc(=Cc3ccc(-c4cc(Cl)ccc4Cl)o3)c(=O)n2C1c1ccccc1Cl. The Bertz CT molecular complexity index is 1730. The summed E-state index contributed by atoms with van der Waals surface area (Å²) in [6.45, 7) is 1.71. The molecule has 0 fully saturated rings. The summed E-state index contributed by atoms with van der Waals surface area (Å²) in [6.07, 6.45) is 1.63. The van der Waals surface area contributed by atoms with Crippen molar-refractivity contribution in [2.75, 3.05) is 7.11 Å². The number of carbonyl (C=O) groups is 1. The molecule has 1 aliphatic rings. The molecule has 0 amide bonds. The van der Waals surface area contributed by atoms with E-state index in [0.717, 1.165) is 0 Å². The van der Waals surface area contributed by atoms with Gasteiger partial charge in [-0.05, 0) is 48.9 Å². The van der Waals surface area contributed by atoms with Gasteiger partial charge in [0.05, 0.1) is 27.9 Å². The van der Waals surface area contributed by atoms with Crippen molar-refractivity contribution in [3.05, 3.63) is 112 Å². The maximum atomic E-state index is 13.6. The highest BCUT2D eigenvalue weighted by molar-refractivity contribution is 7.07. The number of aromatic nitrogens is 1. The molecule has 0 saturated heterocycles. The number of thiazole rings is 1. The summed E-state index contributed by atoms with van der Waals surface area (Å²) < 4.78 is 12.8. The van der Waals surface area contributed by atoms with E-state index in [9.17, 15) is 9.59 Å². The Balaban J connectivity index is 1.67. The van der Waals surface area contributed by atoms with E-state index in [0.29, 0.717) is 52.7 Å². The summed E-state index contributed by atoms with van der Waals surface area (Å²) in [5.74, 6) is 0.383. The maximum Gasteiger partial charge on any atom is 0.338 e. The van der Waals surface area contributed by atoms with Crippen LogP contribution in [0.15, 0.2) is 80.1 Å². The number of halogens is 3. The monoisotopic (exact) mass is 558 g/mol. The first-order valence-electron chi connectivity index (χ1n) is 10.7. The largest absolute Gasteiger partial charge is 0.466 e. The molecular formula is C26H17Cl3N2O4S. The lowest BCUT2D eigenvalue weighted by Gasteiger charge is -2.25. The Kier molecular flexibility index (Phi) is 6.66. The van der Waals surface area contributed by atoms with Crippen LogP contribution in [0.4, 0.5) is 0 Å². The number of furan rings is 1. The molecule has 0 aliphatic carbocycles. The van der Waals surface area contributed by atoms with Crippen molar-refractivity contribution in [1.29, 1.82) is 0 Å². The predicted octanol–water partition coefficient (Wildman–Crippen LogP) is 5.63. The van der Waals surface area contributed by atoms with Gasteiger partial charge in [0.25, 0.3) is 5.56 Å². The molecule has 0 spiro atoms. The van der Waals surface area contributed by atoms with Crippen LogP contribution < -0.4 is 14.9 Å². The number of hydrogen-bond acceptors (Lipinski definition) is 6. The Labute approximate surface area is 224 Å². The average Bonchev–Trinajstić information content (AvgIpc) is 3.44. The molecule has 0 N–H and O–H groups in total. The second kappa shape index (κ2) is 9.75. The molecule has 0 saturated carbocycles. The second-order valence-corrected chi connectivity index (χ2v) is 10.2.